The van der Waals surface area contributed by atoms with Crippen molar-refractivity contribution >= 4 is 11.9 Å². The van der Waals surface area contributed by atoms with Crippen LogP contribution in [0.25, 0.3) is 0 Å². The molecule has 2 rings (SSSR count). The molecule has 1 saturated heterocycles. The van der Waals surface area contributed by atoms with Gasteiger partial charge in [0.25, 0.3) is 0 Å². The van der Waals surface area contributed by atoms with Crippen molar-refractivity contribution in [2.24, 2.45) is 5.41 Å². The monoisotopic (exact) mass is 319 g/mol. The van der Waals surface area contributed by atoms with Crippen LogP contribution in [-0.4, -0.2) is 36.7 Å². The number of amides is 1. The Balaban J connectivity index is 2.11. The smallest absolute Gasteiger partial charge is 0.311 e. The van der Waals surface area contributed by atoms with Crippen molar-refractivity contribution in [1.82, 2.24) is 5.32 Å². The molecular formula is C18H25NO4. The molecule has 5 heteroatoms. The van der Waals surface area contributed by atoms with Gasteiger partial charge in [0.05, 0.1) is 10.8 Å². The lowest BCUT2D eigenvalue weighted by Gasteiger charge is -2.34. The summed E-state index contributed by atoms with van der Waals surface area (Å²) in [5.41, 5.74) is 0.367. The van der Waals surface area contributed by atoms with Crippen molar-refractivity contribution in [3.05, 3.63) is 35.4 Å². The molecule has 2 N–H and O–H groups in total. The van der Waals surface area contributed by atoms with E-state index in [2.05, 4.69) is 5.32 Å². The van der Waals surface area contributed by atoms with Crippen LogP contribution < -0.4 is 5.32 Å². The van der Waals surface area contributed by atoms with Crippen molar-refractivity contribution < 1.29 is 19.4 Å². The molecule has 1 fully saturated rings. The maximum atomic E-state index is 12.7. The minimum absolute atomic E-state index is 0.139. The average molecular weight is 319 g/mol. The molecule has 0 aliphatic carbocycles. The number of benzene rings is 1. The third-order valence-electron chi connectivity index (χ3n) is 4.88. The summed E-state index contributed by atoms with van der Waals surface area (Å²) in [4.78, 5) is 24.3. The summed E-state index contributed by atoms with van der Waals surface area (Å²) in [5.74, 6) is -1.02. The highest BCUT2D eigenvalue weighted by atomic mass is 16.5. The van der Waals surface area contributed by atoms with Gasteiger partial charge < -0.3 is 15.2 Å². The van der Waals surface area contributed by atoms with Crippen LogP contribution >= 0.6 is 0 Å². The van der Waals surface area contributed by atoms with Crippen molar-refractivity contribution in [3.63, 3.8) is 0 Å². The van der Waals surface area contributed by atoms with E-state index in [1.54, 1.807) is 0 Å². The van der Waals surface area contributed by atoms with Gasteiger partial charge in [-0.15, -0.1) is 0 Å². The molecule has 5 nitrogen and oxygen atoms in total. The Morgan fingerprint density at radius 3 is 2.43 bits per heavy atom. The maximum absolute atomic E-state index is 12.7. The number of carboxylic acids is 1. The zero-order valence-corrected chi connectivity index (χ0v) is 14.0. The van der Waals surface area contributed by atoms with Gasteiger partial charge in [-0.3, -0.25) is 9.59 Å². The second kappa shape index (κ2) is 6.71. The van der Waals surface area contributed by atoms with Gasteiger partial charge in [0.15, 0.2) is 0 Å². The van der Waals surface area contributed by atoms with Gasteiger partial charge in [-0.1, -0.05) is 24.3 Å². The number of hydrogen-bond donors (Lipinski definition) is 2. The fraction of sp³-hybridized carbons (Fsp3) is 0.556. The van der Waals surface area contributed by atoms with Crippen molar-refractivity contribution in [3.8, 4) is 0 Å². The predicted molar refractivity (Wildman–Crippen MR) is 87.3 cm³/mol. The second-order valence-corrected chi connectivity index (χ2v) is 6.82. The number of hydrogen-bond acceptors (Lipinski definition) is 3. The van der Waals surface area contributed by atoms with E-state index in [1.165, 1.54) is 0 Å². The molecule has 1 aliphatic heterocycles. The summed E-state index contributed by atoms with van der Waals surface area (Å²) < 4.78 is 5.26. The van der Waals surface area contributed by atoms with Crippen LogP contribution in [0.5, 0.6) is 0 Å². The van der Waals surface area contributed by atoms with Crippen LogP contribution in [0, 0.1) is 12.3 Å². The molecule has 1 aromatic carbocycles. The Hall–Kier alpha value is -1.88. The molecule has 0 atom stereocenters. The van der Waals surface area contributed by atoms with Crippen molar-refractivity contribution in [2.75, 3.05) is 19.8 Å². The zero-order valence-electron chi connectivity index (χ0n) is 14.0. The summed E-state index contributed by atoms with van der Waals surface area (Å²) in [7, 11) is 0. The van der Waals surface area contributed by atoms with Gasteiger partial charge in [-0.05, 0) is 44.7 Å². The summed E-state index contributed by atoms with van der Waals surface area (Å²) in [6.07, 6.45) is 0.848. The van der Waals surface area contributed by atoms with Gasteiger partial charge in [0, 0.05) is 19.8 Å². The Labute approximate surface area is 137 Å². The van der Waals surface area contributed by atoms with E-state index in [0.717, 1.165) is 11.1 Å². The van der Waals surface area contributed by atoms with Crippen LogP contribution in [0.15, 0.2) is 24.3 Å². The van der Waals surface area contributed by atoms with Crippen molar-refractivity contribution in [2.45, 2.75) is 39.0 Å². The number of carboxylic acid groups (broad SMARTS) is 1. The number of carbonyl (C=O) groups excluding carboxylic acids is 1. The lowest BCUT2D eigenvalue weighted by atomic mass is 9.78. The fourth-order valence-corrected chi connectivity index (χ4v) is 3.10. The molecule has 0 bridgehead atoms. The van der Waals surface area contributed by atoms with Crippen LogP contribution in [-0.2, 0) is 19.7 Å². The standard InChI is InChI=1S/C18H25NO4/c1-13-6-4-5-7-14(13)17(2,3)15(20)19-12-18(16(21)22)8-10-23-11-9-18/h4-7H,8-12H2,1-3H3,(H,19,20)(H,21,22). The lowest BCUT2D eigenvalue weighted by Crippen LogP contribution is -2.50. The normalized spacial score (nSPS) is 17.5. The van der Waals surface area contributed by atoms with Crippen LogP contribution in [0.2, 0.25) is 0 Å². The van der Waals surface area contributed by atoms with Gasteiger partial charge in [0.1, 0.15) is 0 Å². The van der Waals surface area contributed by atoms with E-state index in [0.29, 0.717) is 26.1 Å². The molecule has 1 aliphatic rings. The van der Waals surface area contributed by atoms with Crippen LogP contribution in [0.3, 0.4) is 0 Å². The highest BCUT2D eigenvalue weighted by Gasteiger charge is 2.41. The minimum atomic E-state index is -0.921. The topological polar surface area (TPSA) is 75.6 Å². The number of rotatable bonds is 5. The Morgan fingerprint density at radius 1 is 1.26 bits per heavy atom. The van der Waals surface area contributed by atoms with Crippen LogP contribution in [0.4, 0.5) is 0 Å². The number of aryl methyl sites for hydroxylation is 1. The van der Waals surface area contributed by atoms with E-state index in [1.807, 2.05) is 45.0 Å². The lowest BCUT2D eigenvalue weighted by molar-refractivity contribution is -0.154. The molecule has 0 spiro atoms. The molecular weight excluding hydrogens is 294 g/mol. The number of aliphatic carboxylic acids is 1. The average Bonchev–Trinajstić information content (AvgIpc) is 2.53. The minimum Gasteiger partial charge on any atom is -0.481 e. The first-order valence-corrected chi connectivity index (χ1v) is 7.95. The van der Waals surface area contributed by atoms with Crippen molar-refractivity contribution in [1.29, 1.82) is 0 Å². The van der Waals surface area contributed by atoms with E-state index < -0.39 is 16.8 Å². The number of ether oxygens (including phenoxy) is 1. The summed E-state index contributed by atoms with van der Waals surface area (Å²) in [6, 6.07) is 7.76. The fourth-order valence-electron chi connectivity index (χ4n) is 3.10. The van der Waals surface area contributed by atoms with Crippen LogP contribution in [0.1, 0.15) is 37.8 Å². The first-order chi connectivity index (χ1) is 10.8. The molecule has 1 amide bonds. The highest BCUT2D eigenvalue weighted by Crippen LogP contribution is 2.31. The predicted octanol–water partition coefficient (Wildman–Crippen LogP) is 2.27. The summed E-state index contributed by atoms with van der Waals surface area (Å²) in [5, 5.41) is 12.4. The Kier molecular flexibility index (Phi) is 5.09. The van der Waals surface area contributed by atoms with Gasteiger partial charge >= 0.3 is 5.97 Å². The Morgan fingerprint density at radius 2 is 1.87 bits per heavy atom. The van der Waals surface area contributed by atoms with Gasteiger partial charge in [-0.25, -0.2) is 0 Å². The quantitative estimate of drug-likeness (QED) is 0.873. The molecule has 0 saturated carbocycles. The zero-order chi connectivity index (χ0) is 17.1. The molecule has 0 unspecified atom stereocenters. The molecule has 23 heavy (non-hydrogen) atoms. The molecule has 126 valence electrons. The van der Waals surface area contributed by atoms with Gasteiger partial charge in [0.2, 0.25) is 5.91 Å². The third-order valence-corrected chi connectivity index (χ3v) is 4.88. The number of carbonyl (C=O) groups is 2. The number of nitrogens with one attached hydrogen (secondary N) is 1. The highest BCUT2D eigenvalue weighted by molar-refractivity contribution is 5.88. The van der Waals surface area contributed by atoms with E-state index in [9.17, 15) is 14.7 Å². The van der Waals surface area contributed by atoms with E-state index in [4.69, 9.17) is 4.74 Å². The summed E-state index contributed by atoms with van der Waals surface area (Å²) >= 11 is 0. The largest absolute Gasteiger partial charge is 0.481 e. The van der Waals surface area contributed by atoms with E-state index in [-0.39, 0.29) is 12.5 Å². The van der Waals surface area contributed by atoms with Gasteiger partial charge in [-0.2, -0.15) is 0 Å². The maximum Gasteiger partial charge on any atom is 0.311 e. The molecule has 1 heterocycles. The first-order valence-electron chi connectivity index (χ1n) is 7.95. The van der Waals surface area contributed by atoms with E-state index >= 15 is 0 Å². The first kappa shape index (κ1) is 17.5. The molecule has 1 aromatic rings. The SMILES string of the molecule is Cc1ccccc1C(C)(C)C(=O)NCC1(C(=O)O)CCOCC1. The third kappa shape index (κ3) is 3.55. The summed E-state index contributed by atoms with van der Waals surface area (Å²) in [6.45, 7) is 6.68. The second-order valence-electron chi connectivity index (χ2n) is 6.82. The molecule has 0 radical (unpaired) electrons. The Bertz CT molecular complexity index is 588. The molecule has 0 aromatic heterocycles.